The minimum atomic E-state index is -1.13. The van der Waals surface area contributed by atoms with Gasteiger partial charge >= 0.3 is 6.09 Å². The van der Waals surface area contributed by atoms with Crippen LogP contribution in [0, 0.1) is 5.92 Å². The van der Waals surface area contributed by atoms with Gasteiger partial charge in [-0.2, -0.15) is 0 Å². The van der Waals surface area contributed by atoms with Crippen molar-refractivity contribution in [3.05, 3.63) is 40.6 Å². The molecule has 1 aromatic carbocycles. The molecule has 0 bridgehead atoms. The Morgan fingerprint density at radius 3 is 2.85 bits per heavy atom. The molecule has 6 nitrogen and oxygen atoms in total. The molecule has 144 valence electrons. The van der Waals surface area contributed by atoms with Crippen molar-refractivity contribution >= 4 is 22.0 Å². The maximum absolute atomic E-state index is 11.3. The van der Waals surface area contributed by atoms with Crippen LogP contribution in [-0.2, 0) is 0 Å². The number of pyridine rings is 1. The van der Waals surface area contributed by atoms with Crippen LogP contribution in [0.2, 0.25) is 0 Å². The van der Waals surface area contributed by atoms with E-state index in [1.54, 1.807) is 19.2 Å². The third-order valence-corrected chi connectivity index (χ3v) is 5.04. The maximum Gasteiger partial charge on any atom is 0.407 e. The number of carbonyl (C=O) groups is 1. The predicted molar refractivity (Wildman–Crippen MR) is 106 cm³/mol. The van der Waals surface area contributed by atoms with Crippen molar-refractivity contribution in [1.82, 2.24) is 10.3 Å². The molecule has 1 amide bonds. The second kappa shape index (κ2) is 7.38. The summed E-state index contributed by atoms with van der Waals surface area (Å²) in [7, 11) is 0. The van der Waals surface area contributed by atoms with Crippen LogP contribution in [-0.4, -0.2) is 21.9 Å². The molecule has 2 aromatic rings. The van der Waals surface area contributed by atoms with Gasteiger partial charge in [0.2, 0.25) is 0 Å². The third-order valence-electron chi connectivity index (χ3n) is 4.42. The number of fused-ring (bicyclic) bond motifs is 3. The van der Waals surface area contributed by atoms with Gasteiger partial charge in [0.15, 0.2) is 5.72 Å². The number of nitrogens with zero attached hydrogens (tertiary/aromatic N) is 1. The quantitative estimate of drug-likeness (QED) is 0.617. The van der Waals surface area contributed by atoms with Gasteiger partial charge in [0.1, 0.15) is 17.6 Å². The first kappa shape index (κ1) is 19.5. The molecule has 2 heterocycles. The van der Waals surface area contributed by atoms with E-state index in [-0.39, 0.29) is 12.0 Å². The Balaban J connectivity index is 1.99. The zero-order chi connectivity index (χ0) is 19.8. The van der Waals surface area contributed by atoms with Crippen molar-refractivity contribution in [1.29, 1.82) is 0 Å². The highest BCUT2D eigenvalue weighted by atomic mass is 79.9. The Bertz CT molecular complexity index is 871. The summed E-state index contributed by atoms with van der Waals surface area (Å²) in [6.07, 6.45) is 2.84. The molecule has 0 saturated heterocycles. The topological polar surface area (TPSA) is 80.7 Å². The Hall–Kier alpha value is -2.28. The Labute approximate surface area is 167 Å². The molecule has 0 radical (unpaired) electrons. The number of ether oxygens (including phenoxy) is 2. The van der Waals surface area contributed by atoms with Crippen molar-refractivity contribution in [2.75, 3.05) is 0 Å². The molecule has 2 N–H and O–H groups in total. The van der Waals surface area contributed by atoms with Gasteiger partial charge in [-0.15, -0.1) is 0 Å². The predicted octanol–water partition coefficient (Wildman–Crippen LogP) is 5.37. The molecule has 1 aliphatic rings. The summed E-state index contributed by atoms with van der Waals surface area (Å²) in [6, 6.07) is 5.71. The third kappa shape index (κ3) is 4.18. The lowest BCUT2D eigenvalue weighted by atomic mass is 9.95. The molecule has 2 atom stereocenters. The van der Waals surface area contributed by atoms with Gasteiger partial charge in [-0.05, 0) is 53.4 Å². The van der Waals surface area contributed by atoms with Crippen molar-refractivity contribution in [2.24, 2.45) is 5.92 Å². The molecule has 0 saturated carbocycles. The summed E-state index contributed by atoms with van der Waals surface area (Å²) >= 11 is 3.56. The van der Waals surface area contributed by atoms with E-state index in [4.69, 9.17) is 9.47 Å². The number of halogens is 1. The van der Waals surface area contributed by atoms with Gasteiger partial charge in [-0.1, -0.05) is 13.8 Å². The Morgan fingerprint density at radius 1 is 1.44 bits per heavy atom. The smallest absolute Gasteiger partial charge is 0.407 e. The summed E-state index contributed by atoms with van der Waals surface area (Å²) < 4.78 is 12.9. The number of rotatable bonds is 5. The van der Waals surface area contributed by atoms with Crippen molar-refractivity contribution in [2.45, 2.75) is 45.9 Å². The van der Waals surface area contributed by atoms with Crippen molar-refractivity contribution in [3.8, 4) is 22.6 Å². The largest absolute Gasteiger partial charge is 0.485 e. The summed E-state index contributed by atoms with van der Waals surface area (Å²) in [5.41, 5.74) is 1.99. The zero-order valence-corrected chi connectivity index (χ0v) is 17.3. The lowest BCUT2D eigenvalue weighted by molar-refractivity contribution is 0.0322. The molecular weight excluding hydrogens is 412 g/mol. The number of hydrogen-bond donors (Lipinski definition) is 2. The lowest BCUT2D eigenvalue weighted by Crippen LogP contribution is -2.51. The van der Waals surface area contributed by atoms with E-state index in [0.29, 0.717) is 17.9 Å². The highest BCUT2D eigenvalue weighted by Crippen LogP contribution is 2.46. The highest BCUT2D eigenvalue weighted by molar-refractivity contribution is 9.10. The van der Waals surface area contributed by atoms with Gasteiger partial charge in [-0.3, -0.25) is 10.3 Å². The second-order valence-corrected chi connectivity index (χ2v) is 8.22. The van der Waals surface area contributed by atoms with Gasteiger partial charge in [0.25, 0.3) is 0 Å². The van der Waals surface area contributed by atoms with Crippen molar-refractivity contribution in [3.63, 3.8) is 0 Å². The van der Waals surface area contributed by atoms with E-state index >= 15 is 0 Å². The normalized spacial score (nSPS) is 17.3. The zero-order valence-electron chi connectivity index (χ0n) is 15.7. The van der Waals surface area contributed by atoms with Crippen LogP contribution in [0.15, 0.2) is 35.1 Å². The average Bonchev–Trinajstić information content (AvgIpc) is 2.55. The van der Waals surface area contributed by atoms with E-state index < -0.39 is 11.8 Å². The van der Waals surface area contributed by atoms with Crippen LogP contribution in [0.3, 0.4) is 0 Å². The van der Waals surface area contributed by atoms with E-state index in [1.165, 1.54) is 0 Å². The second-order valence-electron chi connectivity index (χ2n) is 7.36. The van der Waals surface area contributed by atoms with Gasteiger partial charge < -0.3 is 14.6 Å². The molecule has 1 unspecified atom stereocenters. The monoisotopic (exact) mass is 434 g/mol. The SMILES string of the molecule is CC(C)C[C@@](C)(NC(=O)O)Oc1cc2c(cc1Br)-c1ccncc1C(C)O2. The number of carboxylic acid groups (broad SMARTS) is 1. The van der Waals surface area contributed by atoms with E-state index in [2.05, 4.69) is 26.2 Å². The number of aromatic nitrogens is 1. The van der Waals surface area contributed by atoms with Crippen LogP contribution >= 0.6 is 15.9 Å². The van der Waals surface area contributed by atoms with Crippen LogP contribution in [0.1, 0.15) is 45.8 Å². The van der Waals surface area contributed by atoms with Crippen LogP contribution < -0.4 is 14.8 Å². The first-order valence-electron chi connectivity index (χ1n) is 8.83. The van der Waals surface area contributed by atoms with Gasteiger partial charge in [-0.25, -0.2) is 4.79 Å². The minimum Gasteiger partial charge on any atom is -0.485 e. The number of nitrogens with one attached hydrogen (secondary N) is 1. The summed E-state index contributed by atoms with van der Waals surface area (Å²) in [5.74, 6) is 1.46. The summed E-state index contributed by atoms with van der Waals surface area (Å²) in [5, 5.41) is 11.7. The highest BCUT2D eigenvalue weighted by Gasteiger charge is 2.32. The van der Waals surface area contributed by atoms with Crippen LogP contribution in [0.4, 0.5) is 4.79 Å². The molecule has 0 spiro atoms. The van der Waals surface area contributed by atoms with E-state index in [9.17, 15) is 9.90 Å². The van der Waals surface area contributed by atoms with Crippen LogP contribution in [0.25, 0.3) is 11.1 Å². The van der Waals surface area contributed by atoms with E-state index in [0.717, 1.165) is 21.2 Å². The number of amides is 1. The first-order chi connectivity index (χ1) is 12.7. The molecule has 1 aliphatic heterocycles. The van der Waals surface area contributed by atoms with E-state index in [1.807, 2.05) is 39.1 Å². The Morgan fingerprint density at radius 2 is 2.19 bits per heavy atom. The molecular formula is C20H23BrN2O4. The molecule has 0 aliphatic carbocycles. The van der Waals surface area contributed by atoms with Crippen molar-refractivity contribution < 1.29 is 19.4 Å². The fourth-order valence-electron chi connectivity index (χ4n) is 3.52. The van der Waals surface area contributed by atoms with Gasteiger partial charge in [0.05, 0.1) is 4.47 Å². The molecule has 1 aromatic heterocycles. The molecule has 7 heteroatoms. The lowest BCUT2D eigenvalue weighted by Gasteiger charge is -2.33. The summed E-state index contributed by atoms with van der Waals surface area (Å²) in [6.45, 7) is 7.74. The first-order valence-corrected chi connectivity index (χ1v) is 9.62. The molecule has 3 rings (SSSR count). The molecule has 0 fully saturated rings. The number of benzene rings is 1. The van der Waals surface area contributed by atoms with Gasteiger partial charge in [0, 0.05) is 36.0 Å². The minimum absolute atomic E-state index is 0.130. The fourth-order valence-corrected chi connectivity index (χ4v) is 3.94. The maximum atomic E-state index is 11.3. The standard InChI is InChI=1S/C20H23BrN2O4/c1-11(2)9-20(4,23-19(24)25)27-18-8-17-14(7-16(18)21)13-5-6-22-10-15(13)12(3)26-17/h5-8,10-12,23H,9H2,1-4H3,(H,24,25)/t12?,20-/m0/s1. The fraction of sp³-hybridized carbons (Fsp3) is 0.400. The summed E-state index contributed by atoms with van der Waals surface area (Å²) in [4.78, 5) is 15.4. The average molecular weight is 435 g/mol. The number of hydrogen-bond acceptors (Lipinski definition) is 4. The van der Waals surface area contributed by atoms with Crippen LogP contribution in [0.5, 0.6) is 11.5 Å². The Kier molecular flexibility index (Phi) is 5.33. The molecule has 27 heavy (non-hydrogen) atoms.